The summed E-state index contributed by atoms with van der Waals surface area (Å²) in [7, 11) is 1.73. The topological polar surface area (TPSA) is 89.5 Å². The highest BCUT2D eigenvalue weighted by atomic mass is 16.6. The molecule has 0 aliphatic rings. The van der Waals surface area contributed by atoms with Gasteiger partial charge in [-0.3, -0.25) is 4.79 Å². The van der Waals surface area contributed by atoms with Crippen LogP contribution < -0.4 is 16.6 Å². The number of hydrogen-bond donors (Lipinski definition) is 3. The predicted octanol–water partition coefficient (Wildman–Crippen LogP) is 2.49. The van der Waals surface area contributed by atoms with Crippen molar-refractivity contribution < 1.29 is 9.84 Å². The summed E-state index contributed by atoms with van der Waals surface area (Å²) < 4.78 is 7.04. The van der Waals surface area contributed by atoms with Crippen molar-refractivity contribution in [2.24, 2.45) is 7.05 Å². The van der Waals surface area contributed by atoms with Crippen LogP contribution in [0.4, 0.5) is 11.4 Å². The van der Waals surface area contributed by atoms with Gasteiger partial charge in [0, 0.05) is 18.8 Å². The number of nitrogens with two attached hydrogens (primary N) is 1. The Morgan fingerprint density at radius 2 is 2.00 bits per heavy atom. The van der Waals surface area contributed by atoms with Crippen molar-refractivity contribution >= 4 is 11.4 Å². The molecule has 2 aromatic rings. The minimum absolute atomic E-state index is 0.0144. The fraction of sp³-hybridized carbons (Fsp3) is 0.421. The Kier molecular flexibility index (Phi) is 5.55. The van der Waals surface area contributed by atoms with E-state index in [1.165, 1.54) is 0 Å². The Bertz CT molecular complexity index is 784. The minimum atomic E-state index is -1.30. The van der Waals surface area contributed by atoms with E-state index in [4.69, 9.17) is 10.5 Å². The average molecular weight is 345 g/mol. The molecule has 4 N–H and O–H groups in total. The van der Waals surface area contributed by atoms with E-state index in [2.05, 4.69) is 5.32 Å². The average Bonchev–Trinajstić information content (AvgIpc) is 2.50. The molecule has 1 unspecified atom stereocenters. The number of rotatable bonds is 6. The van der Waals surface area contributed by atoms with Crippen molar-refractivity contribution in [3.05, 3.63) is 46.4 Å². The van der Waals surface area contributed by atoms with Gasteiger partial charge in [0.05, 0.1) is 24.0 Å². The summed E-state index contributed by atoms with van der Waals surface area (Å²) in [5, 5.41) is 13.4. The first-order valence-electron chi connectivity index (χ1n) is 8.30. The summed E-state index contributed by atoms with van der Waals surface area (Å²) in [6.45, 7) is 7.33. The highest BCUT2D eigenvalue weighted by Gasteiger charge is 2.22. The van der Waals surface area contributed by atoms with E-state index in [0.29, 0.717) is 16.9 Å². The van der Waals surface area contributed by atoms with Crippen LogP contribution in [0.15, 0.2) is 35.3 Å². The van der Waals surface area contributed by atoms with E-state index < -0.39 is 5.79 Å². The Balaban J connectivity index is 2.28. The van der Waals surface area contributed by atoms with E-state index in [-0.39, 0.29) is 18.2 Å². The first-order chi connectivity index (χ1) is 11.6. The lowest BCUT2D eigenvalue weighted by Gasteiger charge is -2.27. The van der Waals surface area contributed by atoms with Gasteiger partial charge in [0.1, 0.15) is 0 Å². The number of pyridine rings is 1. The fourth-order valence-corrected chi connectivity index (χ4v) is 2.73. The molecule has 136 valence electrons. The van der Waals surface area contributed by atoms with E-state index in [1.54, 1.807) is 37.7 Å². The molecule has 1 aromatic carbocycles. The summed E-state index contributed by atoms with van der Waals surface area (Å²) >= 11 is 0. The van der Waals surface area contributed by atoms with Gasteiger partial charge < -0.3 is 25.5 Å². The van der Waals surface area contributed by atoms with Crippen LogP contribution in [0, 0.1) is 6.92 Å². The van der Waals surface area contributed by atoms with Gasteiger partial charge in [-0.2, -0.15) is 0 Å². The zero-order valence-electron chi connectivity index (χ0n) is 15.5. The molecule has 0 aliphatic heterocycles. The summed E-state index contributed by atoms with van der Waals surface area (Å²) in [5.41, 5.74) is 9.84. The molecule has 0 spiro atoms. The van der Waals surface area contributed by atoms with E-state index in [1.807, 2.05) is 32.0 Å². The van der Waals surface area contributed by atoms with Gasteiger partial charge in [0.2, 0.25) is 0 Å². The summed E-state index contributed by atoms with van der Waals surface area (Å²) in [4.78, 5) is 11.9. The monoisotopic (exact) mass is 345 g/mol. The zero-order valence-corrected chi connectivity index (χ0v) is 15.5. The van der Waals surface area contributed by atoms with Crippen LogP contribution in [0.3, 0.4) is 0 Å². The molecule has 0 aliphatic carbocycles. The summed E-state index contributed by atoms with van der Waals surface area (Å²) in [6.07, 6.45) is 1.71. The fourth-order valence-electron chi connectivity index (χ4n) is 2.73. The third kappa shape index (κ3) is 4.84. The normalized spacial score (nSPS) is 13.7. The van der Waals surface area contributed by atoms with Crippen LogP contribution in [0.2, 0.25) is 0 Å². The van der Waals surface area contributed by atoms with Crippen molar-refractivity contribution in [3.8, 4) is 11.1 Å². The van der Waals surface area contributed by atoms with Gasteiger partial charge in [0.15, 0.2) is 5.79 Å². The quantitative estimate of drug-likeness (QED) is 0.553. The number of nitrogen functional groups attached to an aromatic ring is 1. The zero-order chi connectivity index (χ0) is 18.8. The molecule has 0 saturated carbocycles. The molecule has 0 fully saturated rings. The number of hydrogen-bond acceptors (Lipinski definition) is 5. The second kappa shape index (κ2) is 7.29. The van der Waals surface area contributed by atoms with Crippen molar-refractivity contribution in [2.75, 3.05) is 17.6 Å². The van der Waals surface area contributed by atoms with Crippen LogP contribution >= 0.6 is 0 Å². The SMILES string of the molecule is Cc1cc(-c2ccc(N)c(NCC(C)(O)OC(C)C)c2)cn(C)c1=O. The number of aliphatic hydroxyl groups is 1. The molecule has 6 heteroatoms. The summed E-state index contributed by atoms with van der Waals surface area (Å²) in [5.74, 6) is -1.30. The number of ether oxygens (including phenoxy) is 1. The number of aryl methyl sites for hydroxylation is 2. The Morgan fingerprint density at radius 1 is 1.32 bits per heavy atom. The maximum absolute atomic E-state index is 11.9. The summed E-state index contributed by atoms with van der Waals surface area (Å²) in [6, 6.07) is 7.47. The van der Waals surface area contributed by atoms with Gasteiger partial charge in [-0.05, 0) is 57.0 Å². The van der Waals surface area contributed by atoms with Crippen molar-refractivity contribution in [1.82, 2.24) is 4.57 Å². The van der Waals surface area contributed by atoms with Crippen LogP contribution in [-0.4, -0.2) is 28.1 Å². The minimum Gasteiger partial charge on any atom is -0.397 e. The first kappa shape index (κ1) is 19.0. The molecular formula is C19H27N3O3. The Morgan fingerprint density at radius 3 is 2.60 bits per heavy atom. The molecule has 1 aromatic heterocycles. The molecule has 2 rings (SSSR count). The van der Waals surface area contributed by atoms with Gasteiger partial charge >= 0.3 is 0 Å². The van der Waals surface area contributed by atoms with Crippen LogP contribution in [0.5, 0.6) is 0 Å². The van der Waals surface area contributed by atoms with E-state index >= 15 is 0 Å². The molecule has 6 nitrogen and oxygen atoms in total. The van der Waals surface area contributed by atoms with Crippen molar-refractivity contribution in [3.63, 3.8) is 0 Å². The largest absolute Gasteiger partial charge is 0.397 e. The van der Waals surface area contributed by atoms with E-state index in [0.717, 1.165) is 11.1 Å². The molecule has 0 bridgehead atoms. The maximum atomic E-state index is 11.9. The molecule has 0 saturated heterocycles. The van der Waals surface area contributed by atoms with Crippen molar-refractivity contribution in [1.29, 1.82) is 0 Å². The predicted molar refractivity (Wildman–Crippen MR) is 102 cm³/mol. The van der Waals surface area contributed by atoms with Crippen molar-refractivity contribution in [2.45, 2.75) is 39.6 Å². The van der Waals surface area contributed by atoms with E-state index in [9.17, 15) is 9.90 Å². The molecular weight excluding hydrogens is 318 g/mol. The van der Waals surface area contributed by atoms with Gasteiger partial charge in [-0.25, -0.2) is 0 Å². The smallest absolute Gasteiger partial charge is 0.253 e. The highest BCUT2D eigenvalue weighted by molar-refractivity contribution is 5.76. The molecule has 0 radical (unpaired) electrons. The maximum Gasteiger partial charge on any atom is 0.253 e. The lowest BCUT2D eigenvalue weighted by molar-refractivity contribution is -0.200. The third-order valence-corrected chi connectivity index (χ3v) is 3.85. The molecule has 1 heterocycles. The van der Waals surface area contributed by atoms with Gasteiger partial charge in [-0.1, -0.05) is 6.07 Å². The number of nitrogens with one attached hydrogen (secondary N) is 1. The number of anilines is 2. The van der Waals surface area contributed by atoms with Crippen LogP contribution in [-0.2, 0) is 11.8 Å². The standard InChI is InChI=1S/C19H27N3O3/c1-12(2)25-19(4,24)11-21-17-9-14(6-7-16(17)20)15-8-13(3)18(23)22(5)10-15/h6-10,12,21,24H,11,20H2,1-5H3. The Labute approximate surface area is 148 Å². The van der Waals surface area contributed by atoms with Gasteiger partial charge in [0.25, 0.3) is 5.56 Å². The lowest BCUT2D eigenvalue weighted by atomic mass is 10.0. The first-order valence-corrected chi connectivity index (χ1v) is 8.30. The molecule has 0 amide bonds. The lowest BCUT2D eigenvalue weighted by Crippen LogP contribution is -2.38. The molecule has 1 atom stereocenters. The highest BCUT2D eigenvalue weighted by Crippen LogP contribution is 2.27. The van der Waals surface area contributed by atoms with Crippen LogP contribution in [0.1, 0.15) is 26.3 Å². The second-order valence-electron chi connectivity index (χ2n) is 6.83. The van der Waals surface area contributed by atoms with Gasteiger partial charge in [-0.15, -0.1) is 0 Å². The molecule has 25 heavy (non-hydrogen) atoms. The number of benzene rings is 1. The number of nitrogens with zero attached hydrogens (tertiary/aromatic N) is 1. The Hall–Kier alpha value is -2.31. The number of aromatic nitrogens is 1. The second-order valence-corrected chi connectivity index (χ2v) is 6.83. The third-order valence-electron chi connectivity index (χ3n) is 3.85. The van der Waals surface area contributed by atoms with Crippen LogP contribution in [0.25, 0.3) is 11.1 Å².